The number of sulfonamides is 1. The highest BCUT2D eigenvalue weighted by atomic mass is 32.2. The lowest BCUT2D eigenvalue weighted by Crippen LogP contribution is -2.40. The lowest BCUT2D eigenvalue weighted by molar-refractivity contribution is -0.120. The first-order valence-corrected chi connectivity index (χ1v) is 13.3. The highest BCUT2D eigenvalue weighted by Gasteiger charge is 2.26. The van der Waals surface area contributed by atoms with E-state index in [0.29, 0.717) is 31.4 Å². The third-order valence-electron chi connectivity index (χ3n) is 5.47. The van der Waals surface area contributed by atoms with Crippen LogP contribution in [0.5, 0.6) is 0 Å². The Morgan fingerprint density at radius 2 is 1.74 bits per heavy atom. The molecule has 2 aromatic rings. The van der Waals surface area contributed by atoms with Crippen LogP contribution >= 0.6 is 11.3 Å². The molecule has 1 aromatic heterocycles. The van der Waals surface area contributed by atoms with Crippen molar-refractivity contribution >= 4 is 32.4 Å². The first kappa shape index (κ1) is 23.8. The molecule has 0 spiro atoms. The van der Waals surface area contributed by atoms with Crippen molar-refractivity contribution in [2.24, 2.45) is 5.92 Å². The molecule has 0 bridgehead atoms. The van der Waals surface area contributed by atoms with E-state index in [9.17, 15) is 13.2 Å². The van der Waals surface area contributed by atoms with Gasteiger partial charge in [0, 0.05) is 30.0 Å². The number of anilines is 1. The summed E-state index contributed by atoms with van der Waals surface area (Å²) in [4.78, 5) is 17.2. The average molecular weight is 466 g/mol. The van der Waals surface area contributed by atoms with Gasteiger partial charge >= 0.3 is 0 Å². The zero-order valence-corrected chi connectivity index (χ0v) is 19.8. The summed E-state index contributed by atoms with van der Waals surface area (Å²) in [6, 6.07) is 6.74. The van der Waals surface area contributed by atoms with Gasteiger partial charge in [0.15, 0.2) is 5.13 Å². The Morgan fingerprint density at radius 1 is 1.10 bits per heavy atom. The molecule has 0 atom stereocenters. The highest BCUT2D eigenvalue weighted by molar-refractivity contribution is 7.89. The summed E-state index contributed by atoms with van der Waals surface area (Å²) in [6.45, 7) is 5.59. The van der Waals surface area contributed by atoms with Crippen molar-refractivity contribution in [1.82, 2.24) is 9.29 Å². The normalized spacial score (nSPS) is 18.1. The number of benzene rings is 1. The van der Waals surface area contributed by atoms with Crippen molar-refractivity contribution in [1.29, 1.82) is 0 Å². The van der Waals surface area contributed by atoms with Gasteiger partial charge in [-0.2, -0.15) is 4.31 Å². The maximum atomic E-state index is 12.7. The number of carbonyl (C=O) groups excluding carboxylic acids is 1. The van der Waals surface area contributed by atoms with Gasteiger partial charge in [0.1, 0.15) is 0 Å². The number of hydrogen-bond acceptors (Lipinski definition) is 6. The minimum absolute atomic E-state index is 0.0533. The van der Waals surface area contributed by atoms with Crippen molar-refractivity contribution in [2.45, 2.75) is 50.8 Å². The molecular formula is C22H31N3O4S2. The number of rotatable bonds is 5. The second kappa shape index (κ2) is 11.2. The molecule has 1 aliphatic carbocycles. The van der Waals surface area contributed by atoms with Gasteiger partial charge in [-0.3, -0.25) is 4.79 Å². The average Bonchev–Trinajstić information content (AvgIpc) is 3.30. The molecule has 9 heteroatoms. The molecule has 1 aliphatic heterocycles. The van der Waals surface area contributed by atoms with Crippen molar-refractivity contribution in [3.05, 3.63) is 29.6 Å². The second-order valence-electron chi connectivity index (χ2n) is 7.40. The molecule has 2 heterocycles. The quantitative estimate of drug-likeness (QED) is 0.708. The van der Waals surface area contributed by atoms with Gasteiger partial charge in [-0.25, -0.2) is 13.4 Å². The summed E-state index contributed by atoms with van der Waals surface area (Å²) in [7, 11) is -3.51. The number of carbonyl (C=O) groups is 1. The van der Waals surface area contributed by atoms with Crippen molar-refractivity contribution in [3.63, 3.8) is 0 Å². The topological polar surface area (TPSA) is 88.6 Å². The van der Waals surface area contributed by atoms with E-state index in [1.54, 1.807) is 24.3 Å². The third-order valence-corrected chi connectivity index (χ3v) is 8.14. The first-order valence-electron chi connectivity index (χ1n) is 11.0. The van der Waals surface area contributed by atoms with Crippen LogP contribution in [0.15, 0.2) is 34.5 Å². The molecule has 4 rings (SSSR count). The van der Waals surface area contributed by atoms with Gasteiger partial charge in [-0.05, 0) is 25.0 Å². The number of aromatic nitrogens is 1. The third kappa shape index (κ3) is 5.91. The van der Waals surface area contributed by atoms with Crippen LogP contribution < -0.4 is 5.32 Å². The van der Waals surface area contributed by atoms with Crippen molar-refractivity contribution in [3.8, 4) is 11.3 Å². The number of morpholine rings is 1. The SMILES string of the molecule is CC.O=C(Nc1nc(-c2ccc(S(=O)(=O)N3CCOCC3)cc2)cs1)C1CCCCC1. The van der Waals surface area contributed by atoms with Gasteiger partial charge < -0.3 is 10.1 Å². The molecule has 0 radical (unpaired) electrons. The molecule has 1 amide bonds. The van der Waals surface area contributed by atoms with Gasteiger partial charge in [0.2, 0.25) is 15.9 Å². The first-order chi connectivity index (χ1) is 15.0. The summed E-state index contributed by atoms with van der Waals surface area (Å²) in [5, 5.41) is 5.40. The highest BCUT2D eigenvalue weighted by Crippen LogP contribution is 2.29. The number of ether oxygens (including phenoxy) is 1. The Hall–Kier alpha value is -1.81. The monoisotopic (exact) mass is 465 g/mol. The van der Waals surface area contributed by atoms with Crippen LogP contribution in [0, 0.1) is 5.92 Å². The van der Waals surface area contributed by atoms with Crippen LogP contribution in [0.2, 0.25) is 0 Å². The number of amides is 1. The molecule has 170 valence electrons. The van der Waals surface area contributed by atoms with Gasteiger partial charge in [0.05, 0.1) is 23.8 Å². The summed E-state index contributed by atoms with van der Waals surface area (Å²) >= 11 is 1.39. The molecule has 1 saturated heterocycles. The molecule has 1 aromatic carbocycles. The second-order valence-corrected chi connectivity index (χ2v) is 10.2. The number of nitrogens with one attached hydrogen (secondary N) is 1. The van der Waals surface area contributed by atoms with Crippen LogP contribution in [0.1, 0.15) is 46.0 Å². The van der Waals surface area contributed by atoms with E-state index < -0.39 is 10.0 Å². The van der Waals surface area contributed by atoms with E-state index in [4.69, 9.17) is 4.74 Å². The summed E-state index contributed by atoms with van der Waals surface area (Å²) in [6.07, 6.45) is 5.33. The lowest BCUT2D eigenvalue weighted by Gasteiger charge is -2.26. The van der Waals surface area contributed by atoms with Crippen LogP contribution in [-0.4, -0.2) is 49.9 Å². The van der Waals surface area contributed by atoms with Crippen LogP contribution in [0.4, 0.5) is 5.13 Å². The fraction of sp³-hybridized carbons (Fsp3) is 0.545. The van der Waals surface area contributed by atoms with Gasteiger partial charge in [-0.1, -0.05) is 45.2 Å². The Kier molecular flexibility index (Phi) is 8.59. The molecule has 7 nitrogen and oxygen atoms in total. The molecule has 31 heavy (non-hydrogen) atoms. The summed E-state index contributed by atoms with van der Waals surface area (Å²) in [5.41, 5.74) is 1.55. The van der Waals surface area contributed by atoms with Crippen LogP contribution in [0.3, 0.4) is 0 Å². The van der Waals surface area contributed by atoms with Crippen molar-refractivity contribution < 1.29 is 17.9 Å². The zero-order chi connectivity index (χ0) is 22.3. The molecule has 0 unspecified atom stereocenters. The van der Waals surface area contributed by atoms with E-state index in [-0.39, 0.29) is 16.7 Å². The fourth-order valence-corrected chi connectivity index (χ4v) is 5.90. The van der Waals surface area contributed by atoms with E-state index in [1.807, 2.05) is 19.2 Å². The maximum absolute atomic E-state index is 12.7. The van der Waals surface area contributed by atoms with E-state index >= 15 is 0 Å². The predicted octanol–water partition coefficient (Wildman–Crippen LogP) is 4.38. The van der Waals surface area contributed by atoms with E-state index in [0.717, 1.165) is 36.9 Å². The largest absolute Gasteiger partial charge is 0.379 e. The standard InChI is InChI=1S/C20H25N3O4S2.C2H6/c24-19(16-4-2-1-3-5-16)22-20-21-18(14-28-20)15-6-8-17(9-7-15)29(25,26)23-10-12-27-13-11-23;1-2/h6-9,14,16H,1-5,10-13H2,(H,21,22,24);1-2H3. The lowest BCUT2D eigenvalue weighted by atomic mass is 9.89. The fourth-order valence-electron chi connectivity index (χ4n) is 3.77. The molecule has 2 fully saturated rings. The molecule has 1 N–H and O–H groups in total. The smallest absolute Gasteiger partial charge is 0.243 e. The Morgan fingerprint density at radius 3 is 2.39 bits per heavy atom. The van der Waals surface area contributed by atoms with Gasteiger partial charge in [-0.15, -0.1) is 11.3 Å². The minimum Gasteiger partial charge on any atom is -0.379 e. The Labute approximate surface area is 188 Å². The summed E-state index contributed by atoms with van der Waals surface area (Å²) < 4.78 is 32.1. The van der Waals surface area contributed by atoms with Crippen LogP contribution in [-0.2, 0) is 19.6 Å². The minimum atomic E-state index is -3.51. The van der Waals surface area contributed by atoms with Gasteiger partial charge in [0.25, 0.3) is 0 Å². The molecule has 2 aliphatic rings. The van der Waals surface area contributed by atoms with Crippen LogP contribution in [0.25, 0.3) is 11.3 Å². The Balaban J connectivity index is 0.00000132. The summed E-state index contributed by atoms with van der Waals surface area (Å²) in [5.74, 6) is 0.137. The van der Waals surface area contributed by atoms with Crippen molar-refractivity contribution in [2.75, 3.05) is 31.6 Å². The number of thiazole rings is 1. The zero-order valence-electron chi connectivity index (χ0n) is 18.2. The molecule has 1 saturated carbocycles. The predicted molar refractivity (Wildman–Crippen MR) is 124 cm³/mol. The maximum Gasteiger partial charge on any atom is 0.243 e. The number of nitrogens with zero attached hydrogens (tertiary/aromatic N) is 2. The van der Waals surface area contributed by atoms with E-state index in [2.05, 4.69) is 10.3 Å². The Bertz CT molecular complexity index is 945. The molecular weight excluding hydrogens is 434 g/mol. The number of hydrogen-bond donors (Lipinski definition) is 1. The van der Waals surface area contributed by atoms with E-state index in [1.165, 1.54) is 22.1 Å².